The van der Waals surface area contributed by atoms with E-state index in [-0.39, 0.29) is 28.2 Å². The molecule has 0 unspecified atom stereocenters. The second kappa shape index (κ2) is 6.05. The van der Waals surface area contributed by atoms with E-state index < -0.39 is 5.82 Å². The minimum Gasteiger partial charge on any atom is -0.508 e. The van der Waals surface area contributed by atoms with Gasteiger partial charge in [-0.1, -0.05) is 24.3 Å². The second-order valence-corrected chi connectivity index (χ2v) is 5.18. The van der Waals surface area contributed by atoms with Gasteiger partial charge in [0.15, 0.2) is 0 Å². The Bertz CT molecular complexity index is 646. The van der Waals surface area contributed by atoms with E-state index in [1.807, 2.05) is 0 Å². The van der Waals surface area contributed by atoms with Gasteiger partial charge < -0.3 is 10.0 Å². The van der Waals surface area contributed by atoms with Gasteiger partial charge in [-0.2, -0.15) is 0 Å². The van der Waals surface area contributed by atoms with Crippen molar-refractivity contribution < 1.29 is 14.3 Å². The lowest BCUT2D eigenvalue weighted by Gasteiger charge is -2.18. The first kappa shape index (κ1) is 14.5. The predicted molar refractivity (Wildman–Crippen MR) is 78.0 cm³/mol. The van der Waals surface area contributed by atoms with Crippen LogP contribution in [0, 0.1) is 5.82 Å². The molecule has 2 aromatic carbocycles. The largest absolute Gasteiger partial charge is 0.508 e. The minimum atomic E-state index is -0.480. The molecular weight excluding hydrogens is 325 g/mol. The molecule has 0 aliphatic rings. The fourth-order valence-corrected chi connectivity index (χ4v) is 2.28. The highest BCUT2D eigenvalue weighted by Gasteiger charge is 2.17. The summed E-state index contributed by atoms with van der Waals surface area (Å²) in [5.74, 6) is -0.670. The number of phenols is 1. The van der Waals surface area contributed by atoms with Gasteiger partial charge in [-0.05, 0) is 34.1 Å². The van der Waals surface area contributed by atoms with Gasteiger partial charge in [0.25, 0.3) is 5.91 Å². The third-order valence-corrected chi connectivity index (χ3v) is 3.73. The molecule has 0 saturated carbocycles. The number of phenolic OH excluding ortho intramolecular Hbond substituents is 1. The van der Waals surface area contributed by atoms with Crippen molar-refractivity contribution in [3.63, 3.8) is 0 Å². The molecule has 1 amide bonds. The van der Waals surface area contributed by atoms with Crippen molar-refractivity contribution in [1.29, 1.82) is 0 Å². The predicted octanol–water partition coefficient (Wildman–Crippen LogP) is 3.57. The first-order valence-corrected chi connectivity index (χ1v) is 6.76. The Kier molecular flexibility index (Phi) is 4.39. The SMILES string of the molecule is CN(Cc1ccccc1O)C(=O)c1cccc(F)c1Br. The van der Waals surface area contributed by atoms with Crippen LogP contribution in [-0.4, -0.2) is 23.0 Å². The Labute approximate surface area is 124 Å². The summed E-state index contributed by atoms with van der Waals surface area (Å²) in [6.45, 7) is 0.245. The maximum absolute atomic E-state index is 13.4. The lowest BCUT2D eigenvalue weighted by Crippen LogP contribution is -2.26. The van der Waals surface area contributed by atoms with Crippen LogP contribution in [0.1, 0.15) is 15.9 Å². The number of aromatic hydroxyl groups is 1. The van der Waals surface area contributed by atoms with Gasteiger partial charge in [-0.15, -0.1) is 0 Å². The Hall–Kier alpha value is -1.88. The number of hydrogen-bond donors (Lipinski definition) is 1. The van der Waals surface area contributed by atoms with Crippen LogP contribution in [0.4, 0.5) is 4.39 Å². The van der Waals surface area contributed by atoms with Crippen LogP contribution in [-0.2, 0) is 6.54 Å². The molecule has 0 saturated heterocycles. The van der Waals surface area contributed by atoms with Crippen LogP contribution in [0.5, 0.6) is 5.75 Å². The Morgan fingerprint density at radius 3 is 2.65 bits per heavy atom. The van der Waals surface area contributed by atoms with Crippen molar-refractivity contribution >= 4 is 21.8 Å². The summed E-state index contributed by atoms with van der Waals surface area (Å²) in [5.41, 5.74) is 0.888. The van der Waals surface area contributed by atoms with E-state index in [0.29, 0.717) is 5.56 Å². The van der Waals surface area contributed by atoms with Crippen LogP contribution in [0.25, 0.3) is 0 Å². The molecule has 0 aromatic heterocycles. The number of benzene rings is 2. The number of para-hydroxylation sites is 1. The molecule has 0 atom stereocenters. The summed E-state index contributed by atoms with van der Waals surface area (Å²) in [6, 6.07) is 11.1. The number of halogens is 2. The average Bonchev–Trinajstić information content (AvgIpc) is 2.43. The van der Waals surface area contributed by atoms with Gasteiger partial charge in [-0.3, -0.25) is 4.79 Å². The van der Waals surface area contributed by atoms with Crippen LogP contribution in [0.15, 0.2) is 46.9 Å². The third-order valence-electron chi connectivity index (χ3n) is 2.93. The normalized spacial score (nSPS) is 10.3. The van der Waals surface area contributed by atoms with Gasteiger partial charge >= 0.3 is 0 Å². The molecule has 0 aliphatic heterocycles. The lowest BCUT2D eigenvalue weighted by molar-refractivity contribution is 0.0783. The molecule has 1 N–H and O–H groups in total. The summed E-state index contributed by atoms with van der Waals surface area (Å²) in [4.78, 5) is 13.7. The number of nitrogens with zero attached hydrogens (tertiary/aromatic N) is 1. The first-order valence-electron chi connectivity index (χ1n) is 5.97. The maximum atomic E-state index is 13.4. The summed E-state index contributed by atoms with van der Waals surface area (Å²) in [6.07, 6.45) is 0. The van der Waals surface area contributed by atoms with Crippen LogP contribution >= 0.6 is 15.9 Å². The Balaban J connectivity index is 2.21. The zero-order valence-electron chi connectivity index (χ0n) is 10.8. The standard InChI is InChI=1S/C15H13BrFNO2/c1-18(9-10-5-2-3-8-13(10)19)15(20)11-6-4-7-12(17)14(11)16/h2-8,19H,9H2,1H3. The van der Waals surface area contributed by atoms with E-state index in [1.54, 1.807) is 37.4 Å². The molecule has 3 nitrogen and oxygen atoms in total. The topological polar surface area (TPSA) is 40.5 Å². The molecule has 20 heavy (non-hydrogen) atoms. The highest BCUT2D eigenvalue weighted by atomic mass is 79.9. The molecule has 0 radical (unpaired) electrons. The van der Waals surface area contributed by atoms with Crippen LogP contribution in [0.3, 0.4) is 0 Å². The van der Waals surface area contributed by atoms with Crippen molar-refractivity contribution in [3.8, 4) is 5.75 Å². The monoisotopic (exact) mass is 337 g/mol. The molecule has 2 aromatic rings. The van der Waals surface area contributed by atoms with E-state index in [9.17, 15) is 14.3 Å². The van der Waals surface area contributed by atoms with E-state index in [1.165, 1.54) is 17.0 Å². The molecule has 5 heteroatoms. The number of rotatable bonds is 3. The van der Waals surface area contributed by atoms with Crippen LogP contribution < -0.4 is 0 Å². The average molecular weight is 338 g/mol. The van der Waals surface area contributed by atoms with Crippen molar-refractivity contribution in [2.24, 2.45) is 0 Å². The van der Waals surface area contributed by atoms with Gasteiger partial charge in [0, 0.05) is 19.2 Å². The fourth-order valence-electron chi connectivity index (χ4n) is 1.85. The highest BCUT2D eigenvalue weighted by Crippen LogP contribution is 2.23. The summed E-state index contributed by atoms with van der Waals surface area (Å²) in [7, 11) is 1.60. The van der Waals surface area contributed by atoms with Gasteiger partial charge in [-0.25, -0.2) is 4.39 Å². The molecule has 0 spiro atoms. The molecule has 0 aliphatic carbocycles. The third kappa shape index (κ3) is 2.99. The molecule has 0 fully saturated rings. The first-order chi connectivity index (χ1) is 9.50. The molecule has 104 valence electrons. The van der Waals surface area contributed by atoms with Gasteiger partial charge in [0.2, 0.25) is 0 Å². The van der Waals surface area contributed by atoms with Crippen molar-refractivity contribution in [2.45, 2.75) is 6.54 Å². The smallest absolute Gasteiger partial charge is 0.255 e. The summed E-state index contributed by atoms with van der Waals surface area (Å²) in [5, 5.41) is 9.70. The molecular formula is C15H13BrFNO2. The lowest BCUT2D eigenvalue weighted by atomic mass is 10.1. The maximum Gasteiger partial charge on any atom is 0.255 e. The number of carbonyl (C=O) groups excluding carboxylic acids is 1. The second-order valence-electron chi connectivity index (χ2n) is 4.39. The van der Waals surface area contributed by atoms with Crippen molar-refractivity contribution in [3.05, 3.63) is 63.9 Å². The number of carbonyl (C=O) groups is 1. The van der Waals surface area contributed by atoms with E-state index in [4.69, 9.17) is 0 Å². The number of hydrogen-bond acceptors (Lipinski definition) is 2. The fraction of sp³-hybridized carbons (Fsp3) is 0.133. The Morgan fingerprint density at radius 2 is 1.95 bits per heavy atom. The van der Waals surface area contributed by atoms with E-state index >= 15 is 0 Å². The quantitative estimate of drug-likeness (QED) is 0.930. The van der Waals surface area contributed by atoms with Crippen molar-refractivity contribution in [1.82, 2.24) is 4.90 Å². The summed E-state index contributed by atoms with van der Waals surface area (Å²) < 4.78 is 13.6. The van der Waals surface area contributed by atoms with Crippen LogP contribution in [0.2, 0.25) is 0 Å². The zero-order valence-corrected chi connectivity index (χ0v) is 12.4. The van der Waals surface area contributed by atoms with Gasteiger partial charge in [0.05, 0.1) is 10.0 Å². The molecule has 2 rings (SSSR count). The number of amides is 1. The molecule has 0 bridgehead atoms. The van der Waals surface area contributed by atoms with E-state index in [2.05, 4.69) is 15.9 Å². The van der Waals surface area contributed by atoms with Crippen molar-refractivity contribution in [2.75, 3.05) is 7.05 Å². The van der Waals surface area contributed by atoms with Gasteiger partial charge in [0.1, 0.15) is 11.6 Å². The molecule has 0 heterocycles. The van der Waals surface area contributed by atoms with E-state index in [0.717, 1.165) is 0 Å². The zero-order chi connectivity index (χ0) is 14.7. The minimum absolute atomic E-state index is 0.130. The Morgan fingerprint density at radius 1 is 1.25 bits per heavy atom. The summed E-state index contributed by atoms with van der Waals surface area (Å²) >= 11 is 3.08. The highest BCUT2D eigenvalue weighted by molar-refractivity contribution is 9.10.